The molecule has 0 spiro atoms. The molecule has 0 saturated carbocycles. The van der Waals surface area contributed by atoms with Gasteiger partial charge in [-0.05, 0) is 24.6 Å². The second-order valence-corrected chi connectivity index (χ2v) is 8.13. The third-order valence-electron chi connectivity index (χ3n) is 5.73. The van der Waals surface area contributed by atoms with Crippen molar-refractivity contribution in [2.75, 3.05) is 10.6 Å². The highest BCUT2D eigenvalue weighted by Crippen LogP contribution is 2.38. The lowest BCUT2D eigenvalue weighted by Crippen LogP contribution is -2.31. The van der Waals surface area contributed by atoms with E-state index in [4.69, 9.17) is 0 Å². The molecule has 2 N–H and O–H groups in total. The van der Waals surface area contributed by atoms with Crippen LogP contribution in [-0.2, 0) is 4.79 Å². The number of rotatable bonds is 6. The molecule has 2 aromatic heterocycles. The second-order valence-electron chi connectivity index (χ2n) is 8.13. The van der Waals surface area contributed by atoms with Gasteiger partial charge in [-0.1, -0.05) is 24.3 Å². The van der Waals surface area contributed by atoms with Crippen LogP contribution in [0, 0.1) is 20.2 Å². The van der Waals surface area contributed by atoms with Gasteiger partial charge in [-0.2, -0.15) is 4.98 Å². The van der Waals surface area contributed by atoms with E-state index in [0.29, 0.717) is 22.5 Å². The molecular formula is C24H18N8O5. The summed E-state index contributed by atoms with van der Waals surface area (Å²) in [7, 11) is 0. The highest BCUT2D eigenvalue weighted by Gasteiger charge is 2.35. The van der Waals surface area contributed by atoms with Crippen LogP contribution in [0.5, 0.6) is 0 Å². The zero-order valence-corrected chi connectivity index (χ0v) is 19.2. The van der Waals surface area contributed by atoms with E-state index < -0.39 is 21.8 Å². The largest absolute Gasteiger partial charge is 0.328 e. The molecule has 4 aromatic rings. The third-order valence-corrected chi connectivity index (χ3v) is 5.73. The van der Waals surface area contributed by atoms with Crippen LogP contribution in [0.25, 0.3) is 11.4 Å². The first-order valence-electron chi connectivity index (χ1n) is 11.0. The zero-order chi connectivity index (χ0) is 26.1. The van der Waals surface area contributed by atoms with Gasteiger partial charge in [0.1, 0.15) is 6.04 Å². The molecular weight excluding hydrogens is 480 g/mol. The van der Waals surface area contributed by atoms with Crippen molar-refractivity contribution in [1.82, 2.24) is 19.7 Å². The Hall–Kier alpha value is -5.46. The molecule has 13 nitrogen and oxygen atoms in total. The molecule has 1 atom stereocenters. The number of nitro groups is 2. The summed E-state index contributed by atoms with van der Waals surface area (Å²) < 4.78 is 1.44. The molecule has 1 unspecified atom stereocenters. The molecule has 0 saturated heterocycles. The Morgan fingerprint density at radius 2 is 1.76 bits per heavy atom. The van der Waals surface area contributed by atoms with Gasteiger partial charge < -0.3 is 10.6 Å². The monoisotopic (exact) mass is 498 g/mol. The SMILES string of the molecule is CC1=C(C(=O)Nc2cccnc2)C(c2cccc([N+](=O)[O-])c2)n2nc(-c3cccc([N+](=O)[O-])c3)nc2N1. The summed E-state index contributed by atoms with van der Waals surface area (Å²) in [5.74, 6) is -0.00987. The van der Waals surface area contributed by atoms with E-state index in [2.05, 4.69) is 25.7 Å². The normalized spacial score (nSPS) is 14.5. The predicted molar refractivity (Wildman–Crippen MR) is 133 cm³/mol. The van der Waals surface area contributed by atoms with Gasteiger partial charge in [-0.15, -0.1) is 5.10 Å². The number of nitrogens with zero attached hydrogens (tertiary/aromatic N) is 6. The number of carbonyl (C=O) groups excluding carboxylic acids is 1. The summed E-state index contributed by atoms with van der Waals surface area (Å²) in [6, 6.07) is 14.2. The Morgan fingerprint density at radius 3 is 2.46 bits per heavy atom. The van der Waals surface area contributed by atoms with E-state index in [1.165, 1.54) is 47.3 Å². The summed E-state index contributed by atoms with van der Waals surface area (Å²) in [5.41, 5.74) is 1.74. The standard InChI is InChI=1S/C24H18N8O5/c1-14-20(23(33)27-17-7-4-10-25-13-17)21(15-5-2-8-18(11-15)31(34)35)30-24(26-14)28-22(29-30)16-6-3-9-19(12-16)32(36)37/h2-13,21H,1H3,(H,27,33)(H,26,28,29). The number of pyridine rings is 1. The van der Waals surface area contributed by atoms with Crippen molar-refractivity contribution in [1.29, 1.82) is 0 Å². The van der Waals surface area contributed by atoms with Gasteiger partial charge in [-0.3, -0.25) is 30.0 Å². The molecule has 0 bridgehead atoms. The van der Waals surface area contributed by atoms with Crippen molar-refractivity contribution >= 4 is 28.9 Å². The highest BCUT2D eigenvalue weighted by molar-refractivity contribution is 6.06. The molecule has 0 aliphatic carbocycles. The minimum Gasteiger partial charge on any atom is -0.328 e. The zero-order valence-electron chi connectivity index (χ0n) is 19.2. The van der Waals surface area contributed by atoms with Gasteiger partial charge in [-0.25, -0.2) is 4.68 Å². The third kappa shape index (κ3) is 4.48. The number of nitro benzene ring substituents is 2. The second kappa shape index (κ2) is 9.30. The fourth-order valence-electron chi connectivity index (χ4n) is 4.08. The smallest absolute Gasteiger partial charge is 0.270 e. The number of benzene rings is 2. The van der Waals surface area contributed by atoms with Crippen molar-refractivity contribution in [3.63, 3.8) is 0 Å². The van der Waals surface area contributed by atoms with Crippen LogP contribution in [0.2, 0.25) is 0 Å². The first kappa shape index (κ1) is 23.3. The van der Waals surface area contributed by atoms with Crippen LogP contribution in [0.3, 0.4) is 0 Å². The van der Waals surface area contributed by atoms with Gasteiger partial charge in [0.15, 0.2) is 5.82 Å². The summed E-state index contributed by atoms with van der Waals surface area (Å²) in [6.45, 7) is 1.69. The van der Waals surface area contributed by atoms with E-state index in [1.54, 1.807) is 37.4 Å². The average molecular weight is 498 g/mol. The van der Waals surface area contributed by atoms with Crippen LogP contribution in [-0.4, -0.2) is 35.5 Å². The number of fused-ring (bicyclic) bond motifs is 1. The summed E-state index contributed by atoms with van der Waals surface area (Å²) >= 11 is 0. The van der Waals surface area contributed by atoms with Crippen LogP contribution in [0.15, 0.2) is 84.3 Å². The van der Waals surface area contributed by atoms with E-state index in [0.717, 1.165) is 0 Å². The van der Waals surface area contributed by atoms with Crippen molar-refractivity contribution in [2.24, 2.45) is 0 Å². The number of hydrogen-bond acceptors (Lipinski definition) is 9. The predicted octanol–water partition coefficient (Wildman–Crippen LogP) is 4.08. The van der Waals surface area contributed by atoms with E-state index in [9.17, 15) is 25.0 Å². The van der Waals surface area contributed by atoms with E-state index >= 15 is 0 Å². The lowest BCUT2D eigenvalue weighted by atomic mass is 9.94. The van der Waals surface area contributed by atoms with Crippen LogP contribution >= 0.6 is 0 Å². The van der Waals surface area contributed by atoms with Crippen molar-refractivity contribution in [3.8, 4) is 11.4 Å². The lowest BCUT2D eigenvalue weighted by molar-refractivity contribution is -0.385. The van der Waals surface area contributed by atoms with Crippen LogP contribution in [0.4, 0.5) is 23.0 Å². The number of nitrogens with one attached hydrogen (secondary N) is 2. The number of aromatic nitrogens is 4. The molecule has 184 valence electrons. The Kier molecular flexibility index (Phi) is 5.85. The average Bonchev–Trinajstić information content (AvgIpc) is 3.32. The molecule has 3 heterocycles. The topological polar surface area (TPSA) is 171 Å². The Morgan fingerprint density at radius 1 is 1.03 bits per heavy atom. The molecule has 0 radical (unpaired) electrons. The number of carbonyl (C=O) groups is 1. The number of amides is 1. The summed E-state index contributed by atoms with van der Waals surface area (Å²) in [5, 5.41) is 33.2. The van der Waals surface area contributed by atoms with Crippen LogP contribution < -0.4 is 10.6 Å². The van der Waals surface area contributed by atoms with Gasteiger partial charge in [0.05, 0.1) is 27.3 Å². The number of anilines is 2. The molecule has 2 aromatic carbocycles. The van der Waals surface area contributed by atoms with Crippen molar-refractivity contribution in [2.45, 2.75) is 13.0 Å². The minimum atomic E-state index is -0.882. The van der Waals surface area contributed by atoms with Crippen molar-refractivity contribution in [3.05, 3.63) is 110 Å². The van der Waals surface area contributed by atoms with Crippen LogP contribution in [0.1, 0.15) is 18.5 Å². The molecule has 1 aliphatic rings. The van der Waals surface area contributed by atoms with Gasteiger partial charge in [0.25, 0.3) is 17.3 Å². The fraction of sp³-hybridized carbons (Fsp3) is 0.0833. The fourth-order valence-corrected chi connectivity index (χ4v) is 4.08. The Labute approximate surface area is 208 Å². The van der Waals surface area contributed by atoms with Gasteiger partial charge in [0, 0.05) is 41.7 Å². The quantitative estimate of drug-likeness (QED) is 0.293. The number of allylic oxidation sites excluding steroid dienone is 1. The first-order chi connectivity index (χ1) is 17.8. The maximum atomic E-state index is 13.5. The Bertz CT molecular complexity index is 1580. The molecule has 0 fully saturated rings. The lowest BCUT2D eigenvalue weighted by Gasteiger charge is -2.28. The summed E-state index contributed by atoms with van der Waals surface area (Å²) in [6.07, 6.45) is 3.07. The Balaban J connectivity index is 1.63. The number of non-ortho nitro benzene ring substituents is 2. The molecule has 5 rings (SSSR count). The maximum Gasteiger partial charge on any atom is 0.270 e. The highest BCUT2D eigenvalue weighted by atomic mass is 16.6. The molecule has 13 heteroatoms. The van der Waals surface area contributed by atoms with Gasteiger partial charge in [0.2, 0.25) is 5.95 Å². The molecule has 37 heavy (non-hydrogen) atoms. The summed E-state index contributed by atoms with van der Waals surface area (Å²) in [4.78, 5) is 43.7. The van der Waals surface area contributed by atoms with E-state index in [1.807, 2.05) is 0 Å². The number of hydrogen-bond donors (Lipinski definition) is 2. The first-order valence-corrected chi connectivity index (χ1v) is 11.0. The minimum absolute atomic E-state index is 0.126. The van der Waals surface area contributed by atoms with Gasteiger partial charge >= 0.3 is 0 Å². The maximum absolute atomic E-state index is 13.5. The van der Waals surface area contributed by atoms with E-state index in [-0.39, 0.29) is 28.7 Å². The molecule has 1 aliphatic heterocycles. The molecule has 1 amide bonds. The van der Waals surface area contributed by atoms with Crippen molar-refractivity contribution < 1.29 is 14.6 Å².